The van der Waals surface area contributed by atoms with Crippen molar-refractivity contribution in [2.75, 3.05) is 14.2 Å². The van der Waals surface area contributed by atoms with Crippen LogP contribution in [0.3, 0.4) is 0 Å². The monoisotopic (exact) mass is 295 g/mol. The van der Waals surface area contributed by atoms with Crippen molar-refractivity contribution in [3.05, 3.63) is 59.9 Å². The summed E-state index contributed by atoms with van der Waals surface area (Å²) >= 11 is 0. The van der Waals surface area contributed by atoms with Gasteiger partial charge in [-0.25, -0.2) is 0 Å². The van der Waals surface area contributed by atoms with Gasteiger partial charge in [-0.3, -0.25) is 9.58 Å². The van der Waals surface area contributed by atoms with E-state index in [-0.39, 0.29) is 0 Å². The SMILES string of the molecule is COc1ccc(CN(C)Cc2cnn(C)c2)c2ccccc12. The smallest absolute Gasteiger partial charge is 0.126 e. The van der Waals surface area contributed by atoms with E-state index in [0.29, 0.717) is 0 Å². The Kier molecular flexibility index (Phi) is 4.11. The fraction of sp³-hybridized carbons (Fsp3) is 0.278. The van der Waals surface area contributed by atoms with Crippen LogP contribution in [0, 0.1) is 0 Å². The zero-order valence-electron chi connectivity index (χ0n) is 13.3. The Morgan fingerprint density at radius 2 is 1.86 bits per heavy atom. The average molecular weight is 295 g/mol. The third kappa shape index (κ3) is 2.97. The summed E-state index contributed by atoms with van der Waals surface area (Å²) in [4.78, 5) is 2.30. The number of aromatic nitrogens is 2. The van der Waals surface area contributed by atoms with Gasteiger partial charge in [0.05, 0.1) is 13.3 Å². The molecular weight excluding hydrogens is 274 g/mol. The molecule has 22 heavy (non-hydrogen) atoms. The number of benzene rings is 2. The molecule has 4 heteroatoms. The van der Waals surface area contributed by atoms with Crippen LogP contribution < -0.4 is 4.74 Å². The van der Waals surface area contributed by atoms with Gasteiger partial charge in [-0.1, -0.05) is 30.3 Å². The zero-order chi connectivity index (χ0) is 15.5. The predicted molar refractivity (Wildman–Crippen MR) is 88.9 cm³/mol. The number of fused-ring (bicyclic) bond motifs is 1. The van der Waals surface area contributed by atoms with Gasteiger partial charge >= 0.3 is 0 Å². The molecule has 2 aromatic carbocycles. The summed E-state index contributed by atoms with van der Waals surface area (Å²) in [7, 11) is 5.79. The molecule has 0 saturated carbocycles. The molecule has 0 saturated heterocycles. The van der Waals surface area contributed by atoms with Crippen molar-refractivity contribution < 1.29 is 4.74 Å². The van der Waals surface area contributed by atoms with Crippen LogP contribution in [0.25, 0.3) is 10.8 Å². The van der Waals surface area contributed by atoms with Crippen molar-refractivity contribution in [2.24, 2.45) is 7.05 Å². The van der Waals surface area contributed by atoms with Crippen LogP contribution in [-0.2, 0) is 20.1 Å². The maximum Gasteiger partial charge on any atom is 0.126 e. The van der Waals surface area contributed by atoms with Crippen LogP contribution in [-0.4, -0.2) is 28.8 Å². The minimum atomic E-state index is 0.883. The number of hydrogen-bond donors (Lipinski definition) is 0. The lowest BCUT2D eigenvalue weighted by molar-refractivity contribution is 0.320. The van der Waals surface area contributed by atoms with Gasteiger partial charge in [-0.15, -0.1) is 0 Å². The second-order valence-electron chi connectivity index (χ2n) is 5.67. The average Bonchev–Trinajstić information content (AvgIpc) is 2.92. The number of aryl methyl sites for hydroxylation is 1. The molecule has 0 atom stereocenters. The Balaban J connectivity index is 1.84. The minimum Gasteiger partial charge on any atom is -0.496 e. The predicted octanol–water partition coefficient (Wildman–Crippen LogP) is 3.21. The van der Waals surface area contributed by atoms with E-state index < -0.39 is 0 Å². The van der Waals surface area contributed by atoms with E-state index in [1.54, 1.807) is 7.11 Å². The zero-order valence-corrected chi connectivity index (χ0v) is 13.3. The molecule has 0 spiro atoms. The molecule has 0 bridgehead atoms. The highest BCUT2D eigenvalue weighted by Gasteiger charge is 2.09. The highest BCUT2D eigenvalue weighted by molar-refractivity contribution is 5.91. The molecule has 0 aliphatic heterocycles. The number of methoxy groups -OCH3 is 1. The lowest BCUT2D eigenvalue weighted by Gasteiger charge is -2.18. The van der Waals surface area contributed by atoms with Crippen LogP contribution in [0.1, 0.15) is 11.1 Å². The summed E-state index contributed by atoms with van der Waals surface area (Å²) < 4.78 is 7.30. The van der Waals surface area contributed by atoms with E-state index in [0.717, 1.165) is 24.2 Å². The second kappa shape index (κ2) is 6.20. The number of ether oxygens (including phenoxy) is 1. The molecule has 0 aliphatic carbocycles. The molecule has 1 aromatic heterocycles. The van der Waals surface area contributed by atoms with E-state index in [9.17, 15) is 0 Å². The summed E-state index contributed by atoms with van der Waals surface area (Å²) in [5.74, 6) is 0.925. The van der Waals surface area contributed by atoms with Crippen molar-refractivity contribution in [1.29, 1.82) is 0 Å². The highest BCUT2D eigenvalue weighted by Crippen LogP contribution is 2.29. The Morgan fingerprint density at radius 3 is 2.55 bits per heavy atom. The van der Waals surface area contributed by atoms with E-state index >= 15 is 0 Å². The number of hydrogen-bond acceptors (Lipinski definition) is 3. The van der Waals surface area contributed by atoms with Crippen molar-refractivity contribution >= 4 is 10.8 Å². The third-order valence-electron chi connectivity index (χ3n) is 3.85. The first-order valence-electron chi connectivity index (χ1n) is 7.38. The van der Waals surface area contributed by atoms with Gasteiger partial charge in [0.15, 0.2) is 0 Å². The highest BCUT2D eigenvalue weighted by atomic mass is 16.5. The summed E-state index contributed by atoms with van der Waals surface area (Å²) in [6.07, 6.45) is 3.98. The van der Waals surface area contributed by atoms with Gasteiger partial charge in [0.1, 0.15) is 5.75 Å². The Bertz CT molecular complexity index is 779. The van der Waals surface area contributed by atoms with Crippen LogP contribution in [0.5, 0.6) is 5.75 Å². The Labute approximate surface area is 130 Å². The first kappa shape index (κ1) is 14.6. The molecule has 0 N–H and O–H groups in total. The van der Waals surface area contributed by atoms with E-state index in [1.165, 1.54) is 16.5 Å². The van der Waals surface area contributed by atoms with Gasteiger partial charge < -0.3 is 4.74 Å². The van der Waals surface area contributed by atoms with Gasteiger partial charge in [-0.05, 0) is 24.1 Å². The maximum atomic E-state index is 5.46. The van der Waals surface area contributed by atoms with E-state index in [1.807, 2.05) is 24.0 Å². The van der Waals surface area contributed by atoms with Crippen LogP contribution >= 0.6 is 0 Å². The minimum absolute atomic E-state index is 0.883. The maximum absolute atomic E-state index is 5.46. The standard InChI is InChI=1S/C18H21N3O/c1-20(11-14-10-19-21(2)12-14)13-15-8-9-18(22-3)17-7-5-4-6-16(15)17/h4-10,12H,11,13H2,1-3H3. The summed E-state index contributed by atoms with van der Waals surface area (Å²) in [6, 6.07) is 12.6. The molecule has 0 unspecified atom stereocenters. The van der Waals surface area contributed by atoms with Gasteiger partial charge in [0.25, 0.3) is 0 Å². The molecule has 0 amide bonds. The fourth-order valence-corrected chi connectivity index (χ4v) is 2.86. The van der Waals surface area contributed by atoms with Gasteiger partial charge in [-0.2, -0.15) is 5.10 Å². The first-order chi connectivity index (χ1) is 10.7. The summed E-state index contributed by atoms with van der Waals surface area (Å²) in [6.45, 7) is 1.77. The van der Waals surface area contributed by atoms with Gasteiger partial charge in [0, 0.05) is 37.3 Å². The molecule has 3 aromatic rings. The molecule has 114 valence electrons. The lowest BCUT2D eigenvalue weighted by atomic mass is 10.0. The first-order valence-corrected chi connectivity index (χ1v) is 7.38. The van der Waals surface area contributed by atoms with Crippen molar-refractivity contribution in [3.63, 3.8) is 0 Å². The number of nitrogens with zero attached hydrogens (tertiary/aromatic N) is 3. The molecule has 4 nitrogen and oxygen atoms in total. The van der Waals surface area contributed by atoms with Crippen LogP contribution in [0.4, 0.5) is 0 Å². The molecular formula is C18H21N3O. The van der Waals surface area contributed by atoms with E-state index in [4.69, 9.17) is 4.74 Å². The van der Waals surface area contributed by atoms with Crippen molar-refractivity contribution in [2.45, 2.75) is 13.1 Å². The molecule has 0 aliphatic rings. The summed E-state index contributed by atoms with van der Waals surface area (Å²) in [5.41, 5.74) is 2.53. The van der Waals surface area contributed by atoms with Crippen molar-refractivity contribution in [1.82, 2.24) is 14.7 Å². The van der Waals surface area contributed by atoms with Gasteiger partial charge in [0.2, 0.25) is 0 Å². The van der Waals surface area contributed by atoms with Crippen molar-refractivity contribution in [3.8, 4) is 5.75 Å². The number of rotatable bonds is 5. The topological polar surface area (TPSA) is 30.3 Å². The second-order valence-corrected chi connectivity index (χ2v) is 5.67. The fourth-order valence-electron chi connectivity index (χ4n) is 2.86. The molecule has 1 heterocycles. The molecule has 0 radical (unpaired) electrons. The Morgan fingerprint density at radius 1 is 1.09 bits per heavy atom. The van der Waals surface area contributed by atoms with Crippen LogP contribution in [0.2, 0.25) is 0 Å². The largest absolute Gasteiger partial charge is 0.496 e. The summed E-state index contributed by atoms with van der Waals surface area (Å²) in [5, 5.41) is 6.64. The molecule has 0 fully saturated rings. The Hall–Kier alpha value is -2.33. The normalized spacial score (nSPS) is 11.3. The van der Waals surface area contributed by atoms with Crippen LogP contribution in [0.15, 0.2) is 48.8 Å². The van der Waals surface area contributed by atoms with E-state index in [2.05, 4.69) is 53.6 Å². The lowest BCUT2D eigenvalue weighted by Crippen LogP contribution is -2.17. The quantitative estimate of drug-likeness (QED) is 0.724. The molecule has 3 rings (SSSR count). The third-order valence-corrected chi connectivity index (χ3v) is 3.85.